The van der Waals surface area contributed by atoms with Crippen LogP contribution >= 0.6 is 0 Å². The second-order valence-electron chi connectivity index (χ2n) is 5.42. The number of aldehydes is 1. The summed E-state index contributed by atoms with van der Waals surface area (Å²) in [6, 6.07) is 0. The molecule has 1 amide bonds. The van der Waals surface area contributed by atoms with Gasteiger partial charge in [0, 0.05) is 25.2 Å². The summed E-state index contributed by atoms with van der Waals surface area (Å²) in [5, 5.41) is 9.28. The van der Waals surface area contributed by atoms with E-state index in [2.05, 4.69) is 5.32 Å². The summed E-state index contributed by atoms with van der Waals surface area (Å²) in [4.78, 5) is 44.8. The molecule has 2 N–H and O–H groups in total. The maximum Gasteiger partial charge on any atom is 0.217 e. The Kier molecular flexibility index (Phi) is 9.08. The van der Waals surface area contributed by atoms with Gasteiger partial charge in [-0.25, -0.2) is 0 Å². The zero-order valence-electron chi connectivity index (χ0n) is 12.8. The van der Waals surface area contributed by atoms with Gasteiger partial charge in [-0.2, -0.15) is 0 Å². The van der Waals surface area contributed by atoms with Crippen molar-refractivity contribution in [3.63, 3.8) is 0 Å². The SMILES string of the molecule is CC(=O)NCC(=O)[C@@H](C)C(C)CC(C=O)CCC(=O)C=N. The van der Waals surface area contributed by atoms with Crippen LogP contribution in [0.15, 0.2) is 0 Å². The first-order chi connectivity index (χ1) is 9.81. The molecule has 0 aromatic carbocycles. The minimum Gasteiger partial charge on any atom is -0.349 e. The van der Waals surface area contributed by atoms with E-state index in [1.807, 2.05) is 6.92 Å². The number of carbonyl (C=O) groups is 4. The van der Waals surface area contributed by atoms with Crippen molar-refractivity contribution in [2.75, 3.05) is 6.54 Å². The Morgan fingerprint density at radius 2 is 1.86 bits per heavy atom. The van der Waals surface area contributed by atoms with Crippen LogP contribution in [0.25, 0.3) is 0 Å². The molecule has 0 saturated carbocycles. The van der Waals surface area contributed by atoms with Gasteiger partial charge in [0.1, 0.15) is 6.29 Å². The van der Waals surface area contributed by atoms with Crippen LogP contribution < -0.4 is 5.32 Å². The van der Waals surface area contributed by atoms with E-state index in [9.17, 15) is 19.2 Å². The first kappa shape index (κ1) is 19.1. The van der Waals surface area contributed by atoms with Gasteiger partial charge in [0.2, 0.25) is 5.91 Å². The number of nitrogens with one attached hydrogen (secondary N) is 2. The van der Waals surface area contributed by atoms with Crippen LogP contribution in [0, 0.1) is 23.2 Å². The molecule has 0 aliphatic carbocycles. The summed E-state index contributed by atoms with van der Waals surface area (Å²) in [6.45, 7) is 5.01. The summed E-state index contributed by atoms with van der Waals surface area (Å²) < 4.78 is 0. The van der Waals surface area contributed by atoms with Gasteiger partial charge in [0.05, 0.1) is 12.8 Å². The molecule has 0 aromatic heterocycles. The Balaban J connectivity index is 4.34. The van der Waals surface area contributed by atoms with E-state index in [-0.39, 0.29) is 48.2 Å². The highest BCUT2D eigenvalue weighted by atomic mass is 16.2. The van der Waals surface area contributed by atoms with Crippen molar-refractivity contribution in [1.82, 2.24) is 5.32 Å². The molecule has 0 aliphatic rings. The van der Waals surface area contributed by atoms with Crippen molar-refractivity contribution in [3.05, 3.63) is 0 Å². The zero-order chi connectivity index (χ0) is 16.4. The van der Waals surface area contributed by atoms with E-state index < -0.39 is 0 Å². The van der Waals surface area contributed by atoms with Crippen molar-refractivity contribution in [2.45, 2.75) is 40.0 Å². The smallest absolute Gasteiger partial charge is 0.217 e. The average molecular weight is 296 g/mol. The lowest BCUT2D eigenvalue weighted by Gasteiger charge is -2.21. The standard InChI is InChI=1S/C15H24N2O4/c1-10(11(2)15(21)8-17-12(3)19)6-13(9-18)4-5-14(20)7-16/h7,9-11,13,16H,4-6,8H2,1-3H3,(H,17,19)/t10?,11-,13?/m0/s1. The van der Waals surface area contributed by atoms with Crippen LogP contribution in [0.2, 0.25) is 0 Å². The topological polar surface area (TPSA) is 104 Å². The Morgan fingerprint density at radius 3 is 2.33 bits per heavy atom. The van der Waals surface area contributed by atoms with Crippen LogP contribution in [-0.2, 0) is 19.2 Å². The summed E-state index contributed by atoms with van der Waals surface area (Å²) in [6.07, 6.45) is 2.65. The highest BCUT2D eigenvalue weighted by Crippen LogP contribution is 2.22. The van der Waals surface area contributed by atoms with E-state index in [1.54, 1.807) is 6.92 Å². The molecule has 0 heterocycles. The summed E-state index contributed by atoms with van der Waals surface area (Å²) >= 11 is 0. The molecule has 118 valence electrons. The highest BCUT2D eigenvalue weighted by molar-refractivity contribution is 6.26. The molecule has 0 aromatic rings. The predicted molar refractivity (Wildman–Crippen MR) is 79.2 cm³/mol. The molecule has 6 heteroatoms. The predicted octanol–water partition coefficient (Wildman–Crippen LogP) is 1.17. The van der Waals surface area contributed by atoms with Crippen LogP contribution in [0.3, 0.4) is 0 Å². The fourth-order valence-corrected chi connectivity index (χ4v) is 2.01. The number of ketones is 2. The quantitative estimate of drug-likeness (QED) is 0.441. The molecule has 0 saturated heterocycles. The molecular weight excluding hydrogens is 272 g/mol. The molecule has 21 heavy (non-hydrogen) atoms. The van der Waals surface area contributed by atoms with Crippen LogP contribution in [0.5, 0.6) is 0 Å². The number of rotatable bonds is 11. The van der Waals surface area contributed by atoms with Crippen molar-refractivity contribution in [2.24, 2.45) is 17.8 Å². The number of hydrogen-bond acceptors (Lipinski definition) is 5. The van der Waals surface area contributed by atoms with Gasteiger partial charge >= 0.3 is 0 Å². The Hall–Kier alpha value is -1.85. The monoisotopic (exact) mass is 296 g/mol. The summed E-state index contributed by atoms with van der Waals surface area (Å²) in [5.74, 6) is -1.20. The van der Waals surface area contributed by atoms with Gasteiger partial charge in [-0.3, -0.25) is 14.4 Å². The number of hydrogen-bond donors (Lipinski definition) is 2. The second-order valence-corrected chi connectivity index (χ2v) is 5.42. The molecule has 2 unspecified atom stereocenters. The third kappa shape index (κ3) is 8.12. The second kappa shape index (κ2) is 9.96. The highest BCUT2D eigenvalue weighted by Gasteiger charge is 2.23. The van der Waals surface area contributed by atoms with Gasteiger partial charge in [-0.05, 0) is 18.8 Å². The molecule has 3 atom stereocenters. The van der Waals surface area contributed by atoms with E-state index in [4.69, 9.17) is 5.41 Å². The maximum atomic E-state index is 11.9. The van der Waals surface area contributed by atoms with E-state index in [1.165, 1.54) is 6.92 Å². The zero-order valence-corrected chi connectivity index (χ0v) is 12.8. The third-order valence-corrected chi connectivity index (χ3v) is 3.66. The molecular formula is C15H24N2O4. The van der Waals surface area contributed by atoms with E-state index in [0.717, 1.165) is 12.5 Å². The number of Topliss-reactive ketones (excluding diaryl/α,β-unsaturated/α-hetero) is 2. The van der Waals surface area contributed by atoms with Crippen molar-refractivity contribution < 1.29 is 19.2 Å². The van der Waals surface area contributed by atoms with Crippen LogP contribution in [0.1, 0.15) is 40.0 Å². The van der Waals surface area contributed by atoms with Gasteiger partial charge in [0.15, 0.2) is 11.6 Å². The lowest BCUT2D eigenvalue weighted by Crippen LogP contribution is -2.33. The molecule has 6 nitrogen and oxygen atoms in total. The third-order valence-electron chi connectivity index (χ3n) is 3.66. The van der Waals surface area contributed by atoms with Crippen LogP contribution in [-0.4, -0.2) is 36.5 Å². The minimum absolute atomic E-state index is 0.00111. The Morgan fingerprint density at radius 1 is 1.24 bits per heavy atom. The van der Waals surface area contributed by atoms with Gasteiger partial charge in [-0.1, -0.05) is 13.8 Å². The Labute approximate surface area is 125 Å². The van der Waals surface area contributed by atoms with Gasteiger partial charge in [-0.15, -0.1) is 0 Å². The summed E-state index contributed by atoms with van der Waals surface area (Å²) in [7, 11) is 0. The molecule has 0 rings (SSSR count). The van der Waals surface area contributed by atoms with Crippen LogP contribution in [0.4, 0.5) is 0 Å². The first-order valence-electron chi connectivity index (χ1n) is 7.07. The van der Waals surface area contributed by atoms with E-state index in [0.29, 0.717) is 12.8 Å². The largest absolute Gasteiger partial charge is 0.349 e. The summed E-state index contributed by atoms with van der Waals surface area (Å²) in [5.41, 5.74) is 0. The Bertz CT molecular complexity index is 406. The molecule has 0 aliphatic heterocycles. The normalized spacial score (nSPS) is 14.6. The average Bonchev–Trinajstić information content (AvgIpc) is 2.47. The van der Waals surface area contributed by atoms with Gasteiger partial charge in [0.25, 0.3) is 0 Å². The lowest BCUT2D eigenvalue weighted by molar-refractivity contribution is -0.127. The van der Waals surface area contributed by atoms with Crippen molar-refractivity contribution >= 4 is 30.0 Å². The van der Waals surface area contributed by atoms with Crippen molar-refractivity contribution in [3.8, 4) is 0 Å². The van der Waals surface area contributed by atoms with Gasteiger partial charge < -0.3 is 15.5 Å². The first-order valence-corrected chi connectivity index (χ1v) is 7.07. The molecule has 0 fully saturated rings. The number of carbonyl (C=O) groups excluding carboxylic acids is 4. The maximum absolute atomic E-state index is 11.9. The molecule has 0 bridgehead atoms. The number of amides is 1. The lowest BCUT2D eigenvalue weighted by atomic mass is 9.83. The van der Waals surface area contributed by atoms with E-state index >= 15 is 0 Å². The fraction of sp³-hybridized carbons (Fsp3) is 0.667. The fourth-order valence-electron chi connectivity index (χ4n) is 2.01. The molecule has 0 spiro atoms. The van der Waals surface area contributed by atoms with Crippen molar-refractivity contribution in [1.29, 1.82) is 5.41 Å². The molecule has 0 radical (unpaired) electrons. The minimum atomic E-state index is -0.302.